The highest BCUT2D eigenvalue weighted by Gasteiger charge is 2.26. The number of nitrogens with two attached hydrogens (primary N) is 1. The van der Waals surface area contributed by atoms with Crippen molar-refractivity contribution >= 4 is 21.4 Å². The van der Waals surface area contributed by atoms with Crippen LogP contribution in [0.1, 0.15) is 32.1 Å². The lowest BCUT2D eigenvalue weighted by atomic mass is 9.94. The number of primary sulfonamides is 1. The smallest absolute Gasteiger partial charge is 0.294 e. The fraction of sp³-hybridized carbons (Fsp3) is 0.333. The van der Waals surface area contributed by atoms with E-state index in [4.69, 9.17) is 5.14 Å². The minimum atomic E-state index is -4.07. The molecule has 8 heteroatoms. The van der Waals surface area contributed by atoms with Crippen molar-refractivity contribution in [2.24, 2.45) is 5.14 Å². The summed E-state index contributed by atoms with van der Waals surface area (Å²) in [6, 6.07) is 11.6. The predicted octanol–water partition coefficient (Wildman–Crippen LogP) is 3.65. The average molecular weight is 375 g/mol. The Morgan fingerprint density at radius 3 is 2.31 bits per heavy atom. The number of nitrogens with one attached hydrogen (secondary N) is 1. The second-order valence-electron chi connectivity index (χ2n) is 6.51. The molecule has 1 saturated carbocycles. The number of hydrogen-bond acceptors (Lipinski definition) is 5. The number of hydrogen-bond donors (Lipinski definition) is 2. The van der Waals surface area contributed by atoms with E-state index in [1.165, 1.54) is 6.07 Å². The molecule has 26 heavy (non-hydrogen) atoms. The van der Waals surface area contributed by atoms with Gasteiger partial charge in [0.15, 0.2) is 0 Å². The summed E-state index contributed by atoms with van der Waals surface area (Å²) < 4.78 is 23.7. The van der Waals surface area contributed by atoms with Gasteiger partial charge in [-0.25, -0.2) is 13.6 Å². The van der Waals surface area contributed by atoms with Gasteiger partial charge in [0, 0.05) is 17.7 Å². The van der Waals surface area contributed by atoms with Gasteiger partial charge in [0.2, 0.25) is 10.0 Å². The lowest BCUT2D eigenvalue weighted by molar-refractivity contribution is -0.384. The Morgan fingerprint density at radius 2 is 1.73 bits per heavy atom. The molecule has 0 bridgehead atoms. The van der Waals surface area contributed by atoms with Crippen molar-refractivity contribution in [3.8, 4) is 11.1 Å². The number of sulfonamides is 1. The molecule has 3 rings (SSSR count). The fourth-order valence-corrected chi connectivity index (χ4v) is 3.92. The number of nitro groups is 1. The highest BCUT2D eigenvalue weighted by atomic mass is 32.2. The van der Waals surface area contributed by atoms with Crippen LogP contribution in [0, 0.1) is 10.1 Å². The summed E-state index contributed by atoms with van der Waals surface area (Å²) >= 11 is 0. The third-order valence-corrected chi connectivity index (χ3v) is 5.55. The molecule has 7 nitrogen and oxygen atoms in total. The molecule has 138 valence electrons. The third kappa shape index (κ3) is 4.03. The summed E-state index contributed by atoms with van der Waals surface area (Å²) in [4.78, 5) is 10.8. The molecular formula is C18H21N3O4S. The molecule has 0 unspecified atom stereocenters. The van der Waals surface area contributed by atoms with Gasteiger partial charge in [-0.1, -0.05) is 49.6 Å². The Labute approximate surface area is 152 Å². The minimum absolute atomic E-state index is 0.130. The van der Waals surface area contributed by atoms with Gasteiger partial charge in [0.05, 0.1) is 9.82 Å². The standard InChI is InChI=1S/C18H21N3O4S/c19-26(24,25)15-11-16(13-7-3-1-4-8-13)18(17(12-15)21(22)23)20-14-9-5-2-6-10-14/h1,3-4,7-8,11-12,14,20H,2,5-6,9-10H2,(H2,19,24,25). The Hall–Kier alpha value is -2.45. The van der Waals surface area contributed by atoms with E-state index in [2.05, 4.69) is 5.32 Å². The van der Waals surface area contributed by atoms with E-state index in [0.29, 0.717) is 16.8 Å². The number of nitro benzene ring substituents is 1. The molecule has 0 aliphatic heterocycles. The van der Waals surface area contributed by atoms with Gasteiger partial charge in [-0.2, -0.15) is 0 Å². The number of anilines is 1. The van der Waals surface area contributed by atoms with Gasteiger partial charge in [0.25, 0.3) is 5.69 Å². The number of benzene rings is 2. The molecular weight excluding hydrogens is 354 g/mol. The normalized spacial score (nSPS) is 15.6. The van der Waals surface area contributed by atoms with Crippen molar-refractivity contribution in [1.82, 2.24) is 0 Å². The highest BCUT2D eigenvalue weighted by Crippen LogP contribution is 2.39. The minimum Gasteiger partial charge on any atom is -0.376 e. The van der Waals surface area contributed by atoms with Crippen molar-refractivity contribution in [1.29, 1.82) is 0 Å². The molecule has 1 aliphatic carbocycles. The molecule has 1 fully saturated rings. The van der Waals surface area contributed by atoms with Gasteiger partial charge >= 0.3 is 0 Å². The quantitative estimate of drug-likeness (QED) is 0.611. The maximum Gasteiger partial charge on any atom is 0.294 e. The Morgan fingerprint density at radius 1 is 1.08 bits per heavy atom. The zero-order valence-electron chi connectivity index (χ0n) is 14.2. The summed E-state index contributed by atoms with van der Waals surface area (Å²) in [6.45, 7) is 0. The third-order valence-electron chi connectivity index (χ3n) is 4.65. The topological polar surface area (TPSA) is 115 Å². The lowest BCUT2D eigenvalue weighted by Gasteiger charge is -2.25. The zero-order chi connectivity index (χ0) is 18.7. The van der Waals surface area contributed by atoms with Crippen LogP contribution in [-0.4, -0.2) is 19.4 Å². The molecule has 0 spiro atoms. The maximum absolute atomic E-state index is 11.8. The first-order valence-corrected chi connectivity index (χ1v) is 10.1. The molecule has 2 aromatic carbocycles. The van der Waals surface area contributed by atoms with Crippen molar-refractivity contribution in [2.75, 3.05) is 5.32 Å². The van der Waals surface area contributed by atoms with E-state index in [9.17, 15) is 18.5 Å². The van der Waals surface area contributed by atoms with Crippen LogP contribution in [0.15, 0.2) is 47.4 Å². The Kier molecular flexibility index (Phi) is 5.24. The molecule has 0 amide bonds. The zero-order valence-corrected chi connectivity index (χ0v) is 15.0. The van der Waals surface area contributed by atoms with Crippen LogP contribution in [0.5, 0.6) is 0 Å². The molecule has 3 N–H and O–H groups in total. The first-order chi connectivity index (χ1) is 12.4. The first-order valence-electron chi connectivity index (χ1n) is 8.53. The van der Waals surface area contributed by atoms with Gasteiger partial charge in [-0.3, -0.25) is 10.1 Å². The summed E-state index contributed by atoms with van der Waals surface area (Å²) in [7, 11) is -4.07. The van der Waals surface area contributed by atoms with E-state index < -0.39 is 14.9 Å². The van der Waals surface area contributed by atoms with Crippen LogP contribution in [0.3, 0.4) is 0 Å². The molecule has 0 heterocycles. The molecule has 0 atom stereocenters. The summed E-state index contributed by atoms with van der Waals surface area (Å²) in [5.41, 5.74) is 1.23. The highest BCUT2D eigenvalue weighted by molar-refractivity contribution is 7.89. The van der Waals surface area contributed by atoms with E-state index >= 15 is 0 Å². The summed E-state index contributed by atoms with van der Waals surface area (Å²) in [5, 5.41) is 20.2. The van der Waals surface area contributed by atoms with Crippen LogP contribution in [0.25, 0.3) is 11.1 Å². The van der Waals surface area contributed by atoms with Crippen LogP contribution in [0.2, 0.25) is 0 Å². The van der Waals surface area contributed by atoms with Crippen LogP contribution >= 0.6 is 0 Å². The molecule has 2 aromatic rings. The number of rotatable bonds is 5. The van der Waals surface area contributed by atoms with Crippen LogP contribution in [-0.2, 0) is 10.0 Å². The van der Waals surface area contributed by atoms with Crippen molar-refractivity contribution in [3.05, 3.63) is 52.6 Å². The van der Waals surface area contributed by atoms with Crippen LogP contribution in [0.4, 0.5) is 11.4 Å². The molecule has 0 aromatic heterocycles. The average Bonchev–Trinajstić information content (AvgIpc) is 2.62. The number of nitrogens with zero attached hydrogens (tertiary/aromatic N) is 1. The summed E-state index contributed by atoms with van der Waals surface area (Å²) in [5.74, 6) is 0. The monoisotopic (exact) mass is 375 g/mol. The van der Waals surface area contributed by atoms with Gasteiger partial charge in [0.1, 0.15) is 5.69 Å². The van der Waals surface area contributed by atoms with Crippen molar-refractivity contribution in [2.45, 2.75) is 43.0 Å². The van der Waals surface area contributed by atoms with E-state index in [1.807, 2.05) is 6.07 Å². The fourth-order valence-electron chi connectivity index (χ4n) is 3.36. The van der Waals surface area contributed by atoms with Gasteiger partial charge in [-0.05, 0) is 24.5 Å². The predicted molar refractivity (Wildman–Crippen MR) is 100 cm³/mol. The van der Waals surface area contributed by atoms with Crippen LogP contribution < -0.4 is 10.5 Å². The molecule has 1 aliphatic rings. The Balaban J connectivity index is 2.19. The van der Waals surface area contributed by atoms with Crippen molar-refractivity contribution in [3.63, 3.8) is 0 Å². The first kappa shape index (κ1) is 18.3. The SMILES string of the molecule is NS(=O)(=O)c1cc(-c2ccccc2)c(NC2CCCCC2)c([N+](=O)[O-])c1. The second-order valence-corrected chi connectivity index (χ2v) is 8.07. The summed E-state index contributed by atoms with van der Waals surface area (Å²) in [6.07, 6.45) is 5.17. The van der Waals surface area contributed by atoms with E-state index in [0.717, 1.165) is 38.2 Å². The largest absolute Gasteiger partial charge is 0.376 e. The van der Waals surface area contributed by atoms with Gasteiger partial charge in [-0.15, -0.1) is 0 Å². The van der Waals surface area contributed by atoms with Crippen molar-refractivity contribution < 1.29 is 13.3 Å². The lowest BCUT2D eigenvalue weighted by Crippen LogP contribution is -2.23. The molecule has 0 radical (unpaired) electrons. The maximum atomic E-state index is 11.8. The van der Waals surface area contributed by atoms with E-state index in [-0.39, 0.29) is 16.6 Å². The Bertz CT molecular complexity index is 908. The molecule has 0 saturated heterocycles. The van der Waals surface area contributed by atoms with E-state index in [1.54, 1.807) is 24.3 Å². The van der Waals surface area contributed by atoms with Gasteiger partial charge < -0.3 is 5.32 Å². The second kappa shape index (κ2) is 7.43.